The number of nitrogens with zero attached hydrogens (tertiary/aromatic N) is 2. The summed E-state index contributed by atoms with van der Waals surface area (Å²) in [4.78, 5) is 8.73. The number of hydrogen-bond acceptors (Lipinski definition) is 4. The number of aromatic nitrogens is 2. The minimum atomic E-state index is 0.731. The van der Waals surface area contributed by atoms with Crippen molar-refractivity contribution in [3.63, 3.8) is 0 Å². The molecule has 1 aromatic heterocycles. The molecule has 0 aromatic carbocycles. The largest absolute Gasteiger partial charge is 0.369 e. The van der Waals surface area contributed by atoms with Gasteiger partial charge in [0.05, 0.1) is 12.4 Å². The second kappa shape index (κ2) is 9.59. The topological polar surface area (TPSA) is 49.8 Å². The number of unbranched alkanes of at least 4 members (excludes halogenated alkanes) is 1. The maximum absolute atomic E-state index is 4.51. The van der Waals surface area contributed by atoms with E-state index in [1.54, 1.807) is 12.4 Å². The molecule has 19 heavy (non-hydrogen) atoms. The molecule has 1 atom stereocenters. The van der Waals surface area contributed by atoms with Crippen molar-refractivity contribution in [3.05, 3.63) is 12.4 Å². The Labute approximate surface area is 117 Å². The molecule has 0 aliphatic rings. The van der Waals surface area contributed by atoms with Gasteiger partial charge in [-0.1, -0.05) is 40.0 Å². The molecule has 0 aliphatic heterocycles. The van der Waals surface area contributed by atoms with Crippen molar-refractivity contribution in [1.29, 1.82) is 0 Å². The zero-order chi connectivity index (χ0) is 13.9. The summed E-state index contributed by atoms with van der Waals surface area (Å²) in [6, 6.07) is 0. The Kier molecular flexibility index (Phi) is 7.94. The van der Waals surface area contributed by atoms with Crippen LogP contribution in [0.5, 0.6) is 0 Å². The highest BCUT2D eigenvalue weighted by molar-refractivity contribution is 5.41. The first-order chi connectivity index (χ1) is 9.30. The molecule has 0 amide bonds. The molecule has 4 heteroatoms. The molecule has 0 saturated carbocycles. The molecule has 0 aliphatic carbocycles. The lowest BCUT2D eigenvalue weighted by Gasteiger charge is -2.15. The highest BCUT2D eigenvalue weighted by Crippen LogP contribution is 2.14. The fraction of sp³-hybridized carbons (Fsp3) is 0.733. The van der Waals surface area contributed by atoms with E-state index in [2.05, 4.69) is 41.4 Å². The van der Waals surface area contributed by atoms with Gasteiger partial charge in [-0.25, -0.2) is 4.98 Å². The quantitative estimate of drug-likeness (QED) is 0.672. The fourth-order valence-electron chi connectivity index (χ4n) is 1.98. The first kappa shape index (κ1) is 15.7. The van der Waals surface area contributed by atoms with Crippen LogP contribution in [0.2, 0.25) is 0 Å². The zero-order valence-corrected chi connectivity index (χ0v) is 12.6. The van der Waals surface area contributed by atoms with Crippen molar-refractivity contribution in [2.24, 2.45) is 5.92 Å². The van der Waals surface area contributed by atoms with E-state index < -0.39 is 0 Å². The molecule has 0 fully saturated rings. The Morgan fingerprint density at radius 2 is 1.79 bits per heavy atom. The average Bonchev–Trinajstić information content (AvgIpc) is 2.46. The van der Waals surface area contributed by atoms with Gasteiger partial charge in [0, 0.05) is 13.1 Å². The van der Waals surface area contributed by atoms with Gasteiger partial charge in [-0.05, 0) is 18.8 Å². The maximum atomic E-state index is 4.51. The van der Waals surface area contributed by atoms with Gasteiger partial charge in [0.1, 0.15) is 11.6 Å². The van der Waals surface area contributed by atoms with Crippen LogP contribution in [0.1, 0.15) is 52.9 Å². The number of rotatable bonds is 10. The van der Waals surface area contributed by atoms with E-state index in [0.29, 0.717) is 0 Å². The second-order valence-corrected chi connectivity index (χ2v) is 5.01. The van der Waals surface area contributed by atoms with Crippen molar-refractivity contribution >= 4 is 11.6 Å². The summed E-state index contributed by atoms with van der Waals surface area (Å²) in [6.45, 7) is 8.57. The molecule has 1 unspecified atom stereocenters. The second-order valence-electron chi connectivity index (χ2n) is 5.01. The molecule has 2 N–H and O–H groups in total. The third-order valence-electron chi connectivity index (χ3n) is 3.31. The van der Waals surface area contributed by atoms with Crippen molar-refractivity contribution < 1.29 is 0 Å². The Hall–Kier alpha value is -1.32. The van der Waals surface area contributed by atoms with Gasteiger partial charge in [-0.15, -0.1) is 0 Å². The van der Waals surface area contributed by atoms with E-state index in [9.17, 15) is 0 Å². The highest BCUT2D eigenvalue weighted by atomic mass is 15.1. The molecular formula is C15H28N4. The first-order valence-electron chi connectivity index (χ1n) is 7.59. The average molecular weight is 264 g/mol. The first-order valence-corrected chi connectivity index (χ1v) is 7.59. The molecule has 1 aromatic rings. The lowest BCUT2D eigenvalue weighted by atomic mass is 9.99. The monoisotopic (exact) mass is 264 g/mol. The Morgan fingerprint density at radius 3 is 2.42 bits per heavy atom. The third kappa shape index (κ3) is 6.41. The Bertz CT molecular complexity index is 341. The van der Waals surface area contributed by atoms with Crippen molar-refractivity contribution in [3.8, 4) is 0 Å². The standard InChI is InChI=1S/C15H28N4/c1-4-7-8-13(6-3)10-18-15-12-16-11-14(19-15)17-9-5-2/h11-13H,4-10H2,1-3H3,(H2,17,18,19). The van der Waals surface area contributed by atoms with Crippen molar-refractivity contribution in [2.75, 3.05) is 23.7 Å². The van der Waals surface area contributed by atoms with Crippen LogP contribution >= 0.6 is 0 Å². The minimum Gasteiger partial charge on any atom is -0.369 e. The molecule has 1 rings (SSSR count). The van der Waals surface area contributed by atoms with Crippen LogP contribution in [-0.4, -0.2) is 23.1 Å². The van der Waals surface area contributed by atoms with E-state index >= 15 is 0 Å². The Morgan fingerprint density at radius 1 is 1.05 bits per heavy atom. The van der Waals surface area contributed by atoms with Gasteiger partial charge in [0.15, 0.2) is 0 Å². The van der Waals surface area contributed by atoms with Crippen LogP contribution in [-0.2, 0) is 0 Å². The lowest BCUT2D eigenvalue weighted by Crippen LogP contribution is -2.15. The van der Waals surface area contributed by atoms with Crippen LogP contribution < -0.4 is 10.6 Å². The molecule has 0 spiro atoms. The van der Waals surface area contributed by atoms with Gasteiger partial charge >= 0.3 is 0 Å². The predicted molar refractivity (Wildman–Crippen MR) is 82.6 cm³/mol. The van der Waals surface area contributed by atoms with Crippen LogP contribution in [0.4, 0.5) is 11.6 Å². The number of hydrogen-bond donors (Lipinski definition) is 2. The van der Waals surface area contributed by atoms with Gasteiger partial charge in [0.2, 0.25) is 0 Å². The molecule has 0 saturated heterocycles. The van der Waals surface area contributed by atoms with Gasteiger partial charge in [-0.3, -0.25) is 4.98 Å². The van der Waals surface area contributed by atoms with E-state index in [1.165, 1.54) is 25.7 Å². The number of nitrogens with one attached hydrogen (secondary N) is 2. The van der Waals surface area contributed by atoms with Crippen molar-refractivity contribution in [1.82, 2.24) is 9.97 Å². The summed E-state index contributed by atoms with van der Waals surface area (Å²) in [5.74, 6) is 2.46. The zero-order valence-electron chi connectivity index (χ0n) is 12.6. The van der Waals surface area contributed by atoms with E-state index in [1.807, 2.05) is 0 Å². The maximum Gasteiger partial charge on any atom is 0.146 e. The van der Waals surface area contributed by atoms with Gasteiger partial charge in [-0.2, -0.15) is 0 Å². The molecule has 4 nitrogen and oxygen atoms in total. The SMILES string of the molecule is CCCCC(CC)CNc1cncc(NCCC)n1. The summed E-state index contributed by atoms with van der Waals surface area (Å²) in [5.41, 5.74) is 0. The van der Waals surface area contributed by atoms with E-state index in [4.69, 9.17) is 0 Å². The fourth-order valence-corrected chi connectivity index (χ4v) is 1.98. The van der Waals surface area contributed by atoms with Crippen LogP contribution in [0.25, 0.3) is 0 Å². The lowest BCUT2D eigenvalue weighted by molar-refractivity contribution is 0.472. The summed E-state index contributed by atoms with van der Waals surface area (Å²) < 4.78 is 0. The van der Waals surface area contributed by atoms with Gasteiger partial charge in [0.25, 0.3) is 0 Å². The van der Waals surface area contributed by atoms with E-state index in [-0.39, 0.29) is 0 Å². The van der Waals surface area contributed by atoms with E-state index in [0.717, 1.165) is 37.1 Å². The van der Waals surface area contributed by atoms with Crippen molar-refractivity contribution in [2.45, 2.75) is 52.9 Å². The number of anilines is 2. The smallest absolute Gasteiger partial charge is 0.146 e. The molecule has 0 radical (unpaired) electrons. The third-order valence-corrected chi connectivity index (χ3v) is 3.31. The summed E-state index contributed by atoms with van der Waals surface area (Å²) in [5, 5.41) is 6.66. The minimum absolute atomic E-state index is 0.731. The van der Waals surface area contributed by atoms with Crippen LogP contribution in [0.3, 0.4) is 0 Å². The molecule has 1 heterocycles. The highest BCUT2D eigenvalue weighted by Gasteiger charge is 2.06. The molecular weight excluding hydrogens is 236 g/mol. The summed E-state index contributed by atoms with van der Waals surface area (Å²) in [6.07, 6.45) is 9.75. The molecule has 0 bridgehead atoms. The Balaban J connectivity index is 2.42. The van der Waals surface area contributed by atoms with Gasteiger partial charge < -0.3 is 10.6 Å². The van der Waals surface area contributed by atoms with Crippen LogP contribution in [0, 0.1) is 5.92 Å². The summed E-state index contributed by atoms with van der Waals surface area (Å²) >= 11 is 0. The molecule has 108 valence electrons. The predicted octanol–water partition coefficient (Wildman–Crippen LogP) is 3.93. The van der Waals surface area contributed by atoms with Crippen LogP contribution in [0.15, 0.2) is 12.4 Å². The summed E-state index contributed by atoms with van der Waals surface area (Å²) in [7, 11) is 0. The normalized spacial score (nSPS) is 12.2.